The van der Waals surface area contributed by atoms with Gasteiger partial charge in [0.25, 0.3) is 0 Å². The van der Waals surface area contributed by atoms with E-state index >= 15 is 0 Å². The fourth-order valence-electron chi connectivity index (χ4n) is 2.10. The molecule has 0 saturated heterocycles. The van der Waals surface area contributed by atoms with Gasteiger partial charge in [-0.05, 0) is 25.7 Å². The minimum atomic E-state index is 0.00370. The Labute approximate surface area is 109 Å². The maximum Gasteiger partial charge on any atom is 0.222 e. The molecule has 0 bridgehead atoms. The van der Waals surface area contributed by atoms with Crippen LogP contribution in [-0.4, -0.2) is 27.7 Å². The maximum absolute atomic E-state index is 9.40. The summed E-state index contributed by atoms with van der Waals surface area (Å²) >= 11 is 0. The molecule has 0 aliphatic rings. The predicted molar refractivity (Wildman–Crippen MR) is 74.5 cm³/mol. The Hall–Kier alpha value is -1.36. The van der Waals surface area contributed by atoms with E-state index in [1.165, 1.54) is 0 Å². The van der Waals surface area contributed by atoms with Crippen LogP contribution in [0.2, 0.25) is 0 Å². The van der Waals surface area contributed by atoms with Crippen molar-refractivity contribution in [1.82, 2.24) is 9.97 Å². The van der Waals surface area contributed by atoms with E-state index < -0.39 is 0 Å². The van der Waals surface area contributed by atoms with Gasteiger partial charge < -0.3 is 16.2 Å². The Balaban J connectivity index is 2.94. The van der Waals surface area contributed by atoms with Crippen LogP contribution in [0.15, 0.2) is 0 Å². The van der Waals surface area contributed by atoms with Crippen LogP contribution in [0.3, 0.4) is 0 Å². The second kappa shape index (κ2) is 6.54. The highest BCUT2D eigenvalue weighted by Crippen LogP contribution is 2.20. The van der Waals surface area contributed by atoms with E-state index in [-0.39, 0.29) is 18.6 Å². The molecule has 18 heavy (non-hydrogen) atoms. The molecule has 0 amide bonds. The zero-order chi connectivity index (χ0) is 13.7. The summed E-state index contributed by atoms with van der Waals surface area (Å²) in [5.74, 6) is 1.54. The number of anilines is 2. The van der Waals surface area contributed by atoms with E-state index in [4.69, 9.17) is 5.73 Å². The topological polar surface area (TPSA) is 84.1 Å². The molecule has 0 aliphatic heterocycles. The highest BCUT2D eigenvalue weighted by Gasteiger charge is 2.14. The number of nitrogens with two attached hydrogens (primary N) is 1. The molecule has 1 heterocycles. The van der Waals surface area contributed by atoms with Crippen molar-refractivity contribution in [3.63, 3.8) is 0 Å². The zero-order valence-corrected chi connectivity index (χ0v) is 11.7. The van der Waals surface area contributed by atoms with Gasteiger partial charge in [-0.25, -0.2) is 4.98 Å². The van der Waals surface area contributed by atoms with Crippen molar-refractivity contribution in [2.24, 2.45) is 5.92 Å². The number of aryl methyl sites for hydroxylation is 1. The van der Waals surface area contributed by atoms with Gasteiger partial charge in [-0.2, -0.15) is 4.98 Å². The second-order valence-electron chi connectivity index (χ2n) is 5.00. The molecule has 0 spiro atoms. The maximum atomic E-state index is 9.40. The molecule has 1 atom stereocenters. The number of nitrogen functional groups attached to an aromatic ring is 1. The highest BCUT2D eigenvalue weighted by molar-refractivity contribution is 5.50. The van der Waals surface area contributed by atoms with Gasteiger partial charge in [0, 0.05) is 11.3 Å². The average Bonchev–Trinajstić information content (AvgIpc) is 2.27. The summed E-state index contributed by atoms with van der Waals surface area (Å²) in [5.41, 5.74) is 7.64. The lowest BCUT2D eigenvalue weighted by Crippen LogP contribution is -2.27. The first-order valence-corrected chi connectivity index (χ1v) is 6.48. The van der Waals surface area contributed by atoms with Crippen molar-refractivity contribution >= 4 is 11.8 Å². The molecule has 5 heteroatoms. The molecule has 4 N–H and O–H groups in total. The Morgan fingerprint density at radius 1 is 1.33 bits per heavy atom. The predicted octanol–water partition coefficient (Wildman–Crippen LogP) is 1.75. The molecule has 5 nitrogen and oxygen atoms in total. The van der Waals surface area contributed by atoms with Gasteiger partial charge in [-0.1, -0.05) is 20.8 Å². The van der Waals surface area contributed by atoms with Crippen LogP contribution < -0.4 is 11.1 Å². The summed E-state index contributed by atoms with van der Waals surface area (Å²) in [4.78, 5) is 8.41. The molecule has 0 unspecified atom stereocenters. The monoisotopic (exact) mass is 252 g/mol. The molecule has 0 fully saturated rings. The molecule has 0 aliphatic carbocycles. The van der Waals surface area contributed by atoms with Crippen molar-refractivity contribution in [3.05, 3.63) is 11.3 Å². The van der Waals surface area contributed by atoms with E-state index in [1.807, 2.05) is 6.92 Å². The number of hydrogen-bond donors (Lipinski definition) is 3. The summed E-state index contributed by atoms with van der Waals surface area (Å²) in [6, 6.07) is 0.00370. The third kappa shape index (κ3) is 3.84. The molecular formula is C13H24N4O. The summed E-state index contributed by atoms with van der Waals surface area (Å²) in [7, 11) is 0. The van der Waals surface area contributed by atoms with Gasteiger partial charge >= 0.3 is 0 Å². The quantitative estimate of drug-likeness (QED) is 0.718. The molecule has 1 rings (SSSR count). The fourth-order valence-corrected chi connectivity index (χ4v) is 2.10. The Morgan fingerprint density at radius 2 is 2.00 bits per heavy atom. The zero-order valence-electron chi connectivity index (χ0n) is 11.7. The number of nitrogens with zero attached hydrogens (tertiary/aromatic N) is 2. The van der Waals surface area contributed by atoms with Crippen LogP contribution in [0.25, 0.3) is 0 Å². The lowest BCUT2D eigenvalue weighted by molar-refractivity contribution is 0.259. The van der Waals surface area contributed by atoms with Crippen molar-refractivity contribution in [2.45, 2.75) is 46.6 Å². The number of aliphatic hydroxyl groups is 1. The standard InChI is InChI=1S/C13H24N4O/c1-5-11-9(4)15-13(14)17-12(11)16-10(7-18)6-8(2)3/h8,10,18H,5-7H2,1-4H3,(H3,14,15,16,17)/t10-/m0/s1. The van der Waals surface area contributed by atoms with Crippen molar-refractivity contribution < 1.29 is 5.11 Å². The molecule has 0 radical (unpaired) electrons. The van der Waals surface area contributed by atoms with Crippen molar-refractivity contribution in [1.29, 1.82) is 0 Å². The fraction of sp³-hybridized carbons (Fsp3) is 0.692. The van der Waals surface area contributed by atoms with Crippen LogP contribution >= 0.6 is 0 Å². The molecular weight excluding hydrogens is 228 g/mol. The van der Waals surface area contributed by atoms with Gasteiger partial charge in [-0.3, -0.25) is 0 Å². The summed E-state index contributed by atoms with van der Waals surface area (Å²) in [6.45, 7) is 8.33. The van der Waals surface area contributed by atoms with Crippen LogP contribution in [0.5, 0.6) is 0 Å². The SMILES string of the molecule is CCc1c(C)nc(N)nc1N[C@H](CO)CC(C)C. The highest BCUT2D eigenvalue weighted by atomic mass is 16.3. The molecule has 0 saturated carbocycles. The molecule has 0 aromatic carbocycles. The van der Waals surface area contributed by atoms with E-state index in [9.17, 15) is 5.11 Å². The summed E-state index contributed by atoms with van der Waals surface area (Å²) in [5, 5.41) is 12.7. The van der Waals surface area contributed by atoms with E-state index in [1.54, 1.807) is 0 Å². The summed E-state index contributed by atoms with van der Waals surface area (Å²) in [6.07, 6.45) is 1.73. The smallest absolute Gasteiger partial charge is 0.222 e. The molecule has 1 aromatic rings. The first kappa shape index (κ1) is 14.7. The number of hydrogen-bond acceptors (Lipinski definition) is 5. The Morgan fingerprint density at radius 3 is 2.50 bits per heavy atom. The molecule has 102 valence electrons. The number of rotatable bonds is 6. The Kier molecular flexibility index (Phi) is 5.34. The normalized spacial score (nSPS) is 12.8. The van der Waals surface area contributed by atoms with E-state index in [2.05, 4.69) is 36.1 Å². The largest absolute Gasteiger partial charge is 0.394 e. The average molecular weight is 252 g/mol. The number of nitrogens with one attached hydrogen (secondary N) is 1. The van der Waals surface area contributed by atoms with Crippen LogP contribution in [-0.2, 0) is 6.42 Å². The van der Waals surface area contributed by atoms with Crippen molar-refractivity contribution in [2.75, 3.05) is 17.7 Å². The Bertz CT molecular complexity index is 393. The lowest BCUT2D eigenvalue weighted by atomic mass is 10.0. The summed E-state index contributed by atoms with van der Waals surface area (Å²) < 4.78 is 0. The van der Waals surface area contributed by atoms with Gasteiger partial charge in [-0.15, -0.1) is 0 Å². The lowest BCUT2D eigenvalue weighted by Gasteiger charge is -2.21. The van der Waals surface area contributed by atoms with Crippen molar-refractivity contribution in [3.8, 4) is 0 Å². The van der Waals surface area contributed by atoms with Crippen LogP contribution in [0, 0.1) is 12.8 Å². The first-order chi connectivity index (χ1) is 8.47. The van der Waals surface area contributed by atoms with E-state index in [0.29, 0.717) is 5.92 Å². The van der Waals surface area contributed by atoms with Gasteiger partial charge in [0.1, 0.15) is 5.82 Å². The van der Waals surface area contributed by atoms with E-state index in [0.717, 1.165) is 29.9 Å². The third-order valence-corrected chi connectivity index (χ3v) is 2.90. The minimum absolute atomic E-state index is 0.00370. The molecule has 1 aromatic heterocycles. The van der Waals surface area contributed by atoms with Gasteiger partial charge in [0.2, 0.25) is 5.95 Å². The van der Waals surface area contributed by atoms with Gasteiger partial charge in [0.15, 0.2) is 0 Å². The third-order valence-electron chi connectivity index (χ3n) is 2.90. The second-order valence-corrected chi connectivity index (χ2v) is 5.00. The number of aliphatic hydroxyl groups excluding tert-OH is 1. The van der Waals surface area contributed by atoms with Crippen LogP contribution in [0.1, 0.15) is 38.4 Å². The minimum Gasteiger partial charge on any atom is -0.394 e. The van der Waals surface area contributed by atoms with Crippen LogP contribution in [0.4, 0.5) is 11.8 Å². The first-order valence-electron chi connectivity index (χ1n) is 6.48. The number of aromatic nitrogens is 2. The van der Waals surface area contributed by atoms with Gasteiger partial charge in [0.05, 0.1) is 12.6 Å².